The van der Waals surface area contributed by atoms with Gasteiger partial charge in [0.25, 0.3) is 0 Å². The van der Waals surface area contributed by atoms with Crippen molar-refractivity contribution in [2.45, 2.75) is 69.9 Å². The number of carbonyl (C=O) groups is 1. The molecule has 1 amide bonds. The molecule has 1 N–H and O–H groups in total. The number of piperidine rings is 1. The number of aliphatic hydroxyl groups is 1. The van der Waals surface area contributed by atoms with E-state index in [-0.39, 0.29) is 12.2 Å². The average Bonchev–Trinajstić information content (AvgIpc) is 2.54. The van der Waals surface area contributed by atoms with Crippen LogP contribution in [0.3, 0.4) is 0 Å². The van der Waals surface area contributed by atoms with Crippen molar-refractivity contribution in [3.8, 4) is 0 Å². The zero-order valence-electron chi connectivity index (χ0n) is 15.3. The number of ether oxygens (including phenoxy) is 2. The minimum atomic E-state index is -0.492. The van der Waals surface area contributed by atoms with Crippen molar-refractivity contribution in [1.29, 1.82) is 0 Å². The summed E-state index contributed by atoms with van der Waals surface area (Å²) in [7, 11) is 0. The van der Waals surface area contributed by atoms with Crippen LogP contribution in [0.15, 0.2) is 24.4 Å². The molecule has 2 atom stereocenters. The Labute approximate surface area is 149 Å². The summed E-state index contributed by atoms with van der Waals surface area (Å²) in [5.41, 5.74) is -0.0261. The van der Waals surface area contributed by atoms with E-state index in [0.717, 1.165) is 5.69 Å². The van der Waals surface area contributed by atoms with Gasteiger partial charge in [-0.1, -0.05) is 6.07 Å². The number of carbonyl (C=O) groups excluding carboxylic acids is 1. The van der Waals surface area contributed by atoms with Gasteiger partial charge in [-0.05, 0) is 45.7 Å². The van der Waals surface area contributed by atoms with E-state index in [4.69, 9.17) is 9.47 Å². The molecule has 25 heavy (non-hydrogen) atoms. The Kier molecular flexibility index (Phi) is 5.02. The van der Waals surface area contributed by atoms with E-state index in [1.807, 2.05) is 39.0 Å². The molecule has 2 saturated heterocycles. The fraction of sp³-hybridized carbons (Fsp3) is 0.684. The van der Waals surface area contributed by atoms with Gasteiger partial charge in [0.1, 0.15) is 11.7 Å². The SMILES string of the molecule is CC(C)(C)OC(=O)N1CCC2(CC1)C[C@@H](O)C[C@@H](c1ccccn1)O2. The Morgan fingerprint density at radius 3 is 2.68 bits per heavy atom. The summed E-state index contributed by atoms with van der Waals surface area (Å²) in [6.45, 7) is 6.77. The maximum Gasteiger partial charge on any atom is 0.410 e. The van der Waals surface area contributed by atoms with E-state index in [9.17, 15) is 9.90 Å². The molecule has 6 heteroatoms. The van der Waals surface area contributed by atoms with Crippen LogP contribution >= 0.6 is 0 Å². The molecule has 2 aliphatic rings. The minimum Gasteiger partial charge on any atom is -0.444 e. The molecular weight excluding hydrogens is 320 g/mol. The van der Waals surface area contributed by atoms with Gasteiger partial charge in [0.15, 0.2) is 0 Å². The van der Waals surface area contributed by atoms with Gasteiger partial charge < -0.3 is 19.5 Å². The smallest absolute Gasteiger partial charge is 0.410 e. The molecule has 0 saturated carbocycles. The summed E-state index contributed by atoms with van der Waals surface area (Å²) in [5.74, 6) is 0. The number of likely N-dealkylation sites (tertiary alicyclic amines) is 1. The summed E-state index contributed by atoms with van der Waals surface area (Å²) < 4.78 is 11.9. The molecule has 1 aromatic rings. The van der Waals surface area contributed by atoms with Crippen LogP contribution in [0, 0.1) is 0 Å². The third-order valence-corrected chi connectivity index (χ3v) is 4.83. The van der Waals surface area contributed by atoms with Gasteiger partial charge >= 0.3 is 6.09 Å². The predicted octanol–water partition coefficient (Wildman–Crippen LogP) is 3.06. The van der Waals surface area contributed by atoms with E-state index < -0.39 is 17.3 Å². The Morgan fingerprint density at radius 2 is 2.08 bits per heavy atom. The van der Waals surface area contributed by atoms with Gasteiger partial charge in [0, 0.05) is 32.1 Å². The van der Waals surface area contributed by atoms with Crippen LogP contribution in [0.1, 0.15) is 58.3 Å². The topological polar surface area (TPSA) is 71.9 Å². The van der Waals surface area contributed by atoms with Crippen molar-refractivity contribution >= 4 is 6.09 Å². The van der Waals surface area contributed by atoms with Crippen molar-refractivity contribution < 1.29 is 19.4 Å². The maximum absolute atomic E-state index is 12.2. The Hall–Kier alpha value is -1.66. The Bertz CT molecular complexity index is 591. The first-order chi connectivity index (χ1) is 11.8. The first-order valence-electron chi connectivity index (χ1n) is 9.01. The lowest BCUT2D eigenvalue weighted by atomic mass is 9.81. The first kappa shape index (κ1) is 18.1. The first-order valence-corrected chi connectivity index (χ1v) is 9.01. The summed E-state index contributed by atoms with van der Waals surface area (Å²) in [6, 6.07) is 5.74. The van der Waals surface area contributed by atoms with Crippen LogP contribution in [-0.2, 0) is 9.47 Å². The molecule has 0 radical (unpaired) electrons. The number of amides is 1. The zero-order chi connectivity index (χ0) is 18.1. The highest BCUT2D eigenvalue weighted by Crippen LogP contribution is 2.42. The van der Waals surface area contributed by atoms with Gasteiger partial charge in [-0.2, -0.15) is 0 Å². The second-order valence-electron chi connectivity index (χ2n) is 8.11. The normalized spacial score (nSPS) is 26.5. The number of hydrogen-bond acceptors (Lipinski definition) is 5. The molecule has 0 aromatic carbocycles. The van der Waals surface area contributed by atoms with Crippen molar-refractivity contribution in [1.82, 2.24) is 9.88 Å². The predicted molar refractivity (Wildman–Crippen MR) is 93.1 cm³/mol. The number of hydrogen-bond donors (Lipinski definition) is 1. The summed E-state index contributed by atoms with van der Waals surface area (Å²) in [6.07, 6.45) is 3.44. The standard InChI is InChI=1S/C19H28N2O4/c1-18(2,3)25-17(23)21-10-7-19(8-11-21)13-14(22)12-16(24-19)15-6-4-5-9-20-15/h4-6,9,14,16,22H,7-8,10-13H2,1-3H3/t14-,16-/m0/s1. The number of pyridine rings is 1. The van der Waals surface area contributed by atoms with E-state index >= 15 is 0 Å². The largest absolute Gasteiger partial charge is 0.444 e. The summed E-state index contributed by atoms with van der Waals surface area (Å²) >= 11 is 0. The second kappa shape index (κ2) is 6.92. The van der Waals surface area contributed by atoms with E-state index in [1.54, 1.807) is 11.1 Å². The summed E-state index contributed by atoms with van der Waals surface area (Å²) in [4.78, 5) is 18.3. The highest BCUT2D eigenvalue weighted by Gasteiger charge is 2.45. The van der Waals surface area contributed by atoms with E-state index in [2.05, 4.69) is 4.98 Å². The van der Waals surface area contributed by atoms with Crippen molar-refractivity contribution in [3.05, 3.63) is 30.1 Å². The molecule has 0 aliphatic carbocycles. The Balaban J connectivity index is 1.64. The lowest BCUT2D eigenvalue weighted by molar-refractivity contribution is -0.184. The second-order valence-corrected chi connectivity index (χ2v) is 8.11. The molecule has 3 rings (SSSR count). The molecule has 1 spiro atoms. The highest BCUT2D eigenvalue weighted by atomic mass is 16.6. The third kappa shape index (κ3) is 4.50. The fourth-order valence-electron chi connectivity index (χ4n) is 3.65. The van der Waals surface area contributed by atoms with Crippen LogP contribution in [0.2, 0.25) is 0 Å². The van der Waals surface area contributed by atoms with E-state index in [1.165, 1.54) is 0 Å². The average molecular weight is 348 g/mol. The van der Waals surface area contributed by atoms with E-state index in [0.29, 0.717) is 38.8 Å². The van der Waals surface area contributed by atoms with Crippen LogP contribution in [-0.4, -0.2) is 51.5 Å². The number of nitrogens with zero attached hydrogens (tertiary/aromatic N) is 2. The third-order valence-electron chi connectivity index (χ3n) is 4.83. The van der Waals surface area contributed by atoms with Crippen LogP contribution in [0.25, 0.3) is 0 Å². The van der Waals surface area contributed by atoms with Crippen molar-refractivity contribution in [3.63, 3.8) is 0 Å². The minimum absolute atomic E-state index is 0.196. The molecule has 1 aromatic heterocycles. The van der Waals surface area contributed by atoms with Gasteiger partial charge in [0.2, 0.25) is 0 Å². The van der Waals surface area contributed by atoms with Crippen LogP contribution < -0.4 is 0 Å². The number of rotatable bonds is 1. The zero-order valence-corrected chi connectivity index (χ0v) is 15.3. The molecule has 2 fully saturated rings. The Morgan fingerprint density at radius 1 is 1.36 bits per heavy atom. The number of aliphatic hydroxyl groups excluding tert-OH is 1. The molecule has 0 unspecified atom stereocenters. The quantitative estimate of drug-likeness (QED) is 0.844. The molecule has 2 aliphatic heterocycles. The number of aromatic nitrogens is 1. The van der Waals surface area contributed by atoms with Crippen molar-refractivity contribution in [2.75, 3.05) is 13.1 Å². The van der Waals surface area contributed by atoms with Crippen LogP contribution in [0.4, 0.5) is 4.79 Å². The molecule has 6 nitrogen and oxygen atoms in total. The fourth-order valence-corrected chi connectivity index (χ4v) is 3.65. The van der Waals surface area contributed by atoms with Crippen molar-refractivity contribution in [2.24, 2.45) is 0 Å². The molecule has 0 bridgehead atoms. The lowest BCUT2D eigenvalue weighted by Gasteiger charge is -2.47. The molecule has 3 heterocycles. The van der Waals surface area contributed by atoms with Gasteiger partial charge in [-0.3, -0.25) is 4.98 Å². The lowest BCUT2D eigenvalue weighted by Crippen LogP contribution is -2.52. The maximum atomic E-state index is 12.2. The van der Waals surface area contributed by atoms with Gasteiger partial charge in [-0.15, -0.1) is 0 Å². The molecular formula is C19H28N2O4. The van der Waals surface area contributed by atoms with Gasteiger partial charge in [-0.25, -0.2) is 4.79 Å². The molecule has 138 valence electrons. The highest BCUT2D eigenvalue weighted by molar-refractivity contribution is 5.68. The van der Waals surface area contributed by atoms with Crippen LogP contribution in [0.5, 0.6) is 0 Å². The monoisotopic (exact) mass is 348 g/mol. The van der Waals surface area contributed by atoms with Gasteiger partial charge in [0.05, 0.1) is 17.4 Å². The summed E-state index contributed by atoms with van der Waals surface area (Å²) in [5, 5.41) is 10.4.